The van der Waals surface area contributed by atoms with Crippen LogP contribution in [0.1, 0.15) is 12.1 Å². The van der Waals surface area contributed by atoms with Gasteiger partial charge in [0.1, 0.15) is 11.4 Å². The van der Waals surface area contributed by atoms with Gasteiger partial charge in [0.15, 0.2) is 0 Å². The molecule has 2 rings (SSSR count). The van der Waals surface area contributed by atoms with Crippen molar-refractivity contribution in [2.24, 2.45) is 0 Å². The lowest BCUT2D eigenvalue weighted by molar-refractivity contribution is -0.136. The number of carbonyl (C=O) groups is 1. The van der Waals surface area contributed by atoms with Crippen LogP contribution in [-0.2, 0) is 11.3 Å². The summed E-state index contributed by atoms with van der Waals surface area (Å²) in [6, 6.07) is 9.73. The van der Waals surface area contributed by atoms with Gasteiger partial charge in [0.25, 0.3) is 0 Å². The maximum atomic E-state index is 10.4. The van der Waals surface area contributed by atoms with Crippen LogP contribution in [-0.4, -0.2) is 33.0 Å². The second kappa shape index (κ2) is 5.92. The largest absolute Gasteiger partial charge is 0.481 e. The van der Waals surface area contributed by atoms with Gasteiger partial charge in [-0.2, -0.15) is 15.4 Å². The van der Waals surface area contributed by atoms with Crippen LogP contribution < -0.4 is 5.32 Å². The van der Waals surface area contributed by atoms with Crippen molar-refractivity contribution in [3.05, 3.63) is 36.0 Å². The molecule has 1 heterocycles. The van der Waals surface area contributed by atoms with Crippen molar-refractivity contribution in [2.75, 3.05) is 6.54 Å². The number of carboxylic acids is 1. The molecule has 3 N–H and O–H groups in total. The second-order valence-corrected chi connectivity index (χ2v) is 3.81. The molecule has 1 aromatic heterocycles. The van der Waals surface area contributed by atoms with Gasteiger partial charge in [0.05, 0.1) is 6.42 Å². The number of aromatic nitrogens is 3. The third kappa shape index (κ3) is 3.14. The summed E-state index contributed by atoms with van der Waals surface area (Å²) in [7, 11) is 0. The van der Waals surface area contributed by atoms with Crippen LogP contribution in [0.15, 0.2) is 30.3 Å². The molecule has 0 saturated heterocycles. The number of hydrogen-bond acceptors (Lipinski definition) is 4. The number of aliphatic carboxylic acids is 1. The molecule has 0 atom stereocenters. The first-order valence-electron chi connectivity index (χ1n) is 5.65. The van der Waals surface area contributed by atoms with Gasteiger partial charge >= 0.3 is 5.97 Å². The summed E-state index contributed by atoms with van der Waals surface area (Å²) >= 11 is 0. The highest BCUT2D eigenvalue weighted by Gasteiger charge is 2.09. The Bertz CT molecular complexity index is 510. The maximum Gasteiger partial charge on any atom is 0.304 e. The van der Waals surface area contributed by atoms with Crippen molar-refractivity contribution in [2.45, 2.75) is 13.0 Å². The van der Waals surface area contributed by atoms with Crippen molar-refractivity contribution in [1.29, 1.82) is 0 Å². The van der Waals surface area contributed by atoms with Gasteiger partial charge < -0.3 is 10.4 Å². The zero-order valence-electron chi connectivity index (χ0n) is 9.76. The van der Waals surface area contributed by atoms with Crippen molar-refractivity contribution in [1.82, 2.24) is 20.7 Å². The molecule has 0 aliphatic rings. The summed E-state index contributed by atoms with van der Waals surface area (Å²) in [4.78, 5) is 10.4. The van der Waals surface area contributed by atoms with Gasteiger partial charge in [-0.3, -0.25) is 4.79 Å². The summed E-state index contributed by atoms with van der Waals surface area (Å²) in [5, 5.41) is 22.3. The molecule has 94 valence electrons. The summed E-state index contributed by atoms with van der Waals surface area (Å²) in [6.07, 6.45) is 0.0958. The van der Waals surface area contributed by atoms with Crippen LogP contribution in [0.4, 0.5) is 0 Å². The van der Waals surface area contributed by atoms with E-state index in [1.165, 1.54) is 0 Å². The molecule has 1 aromatic carbocycles. The van der Waals surface area contributed by atoms with Gasteiger partial charge in [0, 0.05) is 18.7 Å². The highest BCUT2D eigenvalue weighted by molar-refractivity contribution is 5.66. The number of nitrogens with zero attached hydrogens (tertiary/aromatic N) is 2. The van der Waals surface area contributed by atoms with Gasteiger partial charge in [-0.1, -0.05) is 30.3 Å². The standard InChI is InChI=1S/C12H14N4O2/c17-11(18)6-7-13-8-10-12(15-16-14-10)9-4-2-1-3-5-9/h1-5,13H,6-8H2,(H,17,18)(H,14,15,16). The van der Waals surface area contributed by atoms with E-state index in [2.05, 4.69) is 20.7 Å². The fourth-order valence-corrected chi connectivity index (χ4v) is 1.61. The maximum absolute atomic E-state index is 10.4. The predicted molar refractivity (Wildman–Crippen MR) is 65.8 cm³/mol. The van der Waals surface area contributed by atoms with E-state index in [0.29, 0.717) is 13.1 Å². The van der Waals surface area contributed by atoms with E-state index in [0.717, 1.165) is 17.0 Å². The summed E-state index contributed by atoms with van der Waals surface area (Å²) < 4.78 is 0. The van der Waals surface area contributed by atoms with Crippen LogP contribution in [0.3, 0.4) is 0 Å². The van der Waals surface area contributed by atoms with E-state index in [-0.39, 0.29) is 6.42 Å². The third-order valence-corrected chi connectivity index (χ3v) is 2.48. The zero-order valence-corrected chi connectivity index (χ0v) is 9.76. The molecular formula is C12H14N4O2. The molecule has 0 amide bonds. The van der Waals surface area contributed by atoms with Crippen LogP contribution >= 0.6 is 0 Å². The minimum atomic E-state index is -0.814. The number of H-pyrrole nitrogens is 1. The Hall–Kier alpha value is -2.21. The molecule has 0 radical (unpaired) electrons. The average Bonchev–Trinajstić information content (AvgIpc) is 2.84. The molecule has 0 aliphatic carbocycles. The van der Waals surface area contributed by atoms with Gasteiger partial charge in [-0.05, 0) is 0 Å². The van der Waals surface area contributed by atoms with E-state index >= 15 is 0 Å². The highest BCUT2D eigenvalue weighted by atomic mass is 16.4. The van der Waals surface area contributed by atoms with Crippen molar-refractivity contribution in [3.8, 4) is 11.3 Å². The van der Waals surface area contributed by atoms with Crippen molar-refractivity contribution in [3.63, 3.8) is 0 Å². The van der Waals surface area contributed by atoms with Crippen molar-refractivity contribution < 1.29 is 9.90 Å². The monoisotopic (exact) mass is 246 g/mol. The Labute approximate surface area is 104 Å². The molecular weight excluding hydrogens is 232 g/mol. The summed E-state index contributed by atoms with van der Waals surface area (Å²) in [6.45, 7) is 0.907. The lowest BCUT2D eigenvalue weighted by atomic mass is 10.1. The lowest BCUT2D eigenvalue weighted by Crippen LogP contribution is -2.18. The molecule has 6 heteroatoms. The normalized spacial score (nSPS) is 10.4. The van der Waals surface area contributed by atoms with Gasteiger partial charge in [0.2, 0.25) is 0 Å². The molecule has 0 fully saturated rings. The van der Waals surface area contributed by atoms with E-state index < -0.39 is 5.97 Å². The molecule has 0 spiro atoms. The number of nitrogens with one attached hydrogen (secondary N) is 2. The molecule has 2 aromatic rings. The molecule has 0 saturated carbocycles. The lowest BCUT2D eigenvalue weighted by Gasteiger charge is -2.02. The number of benzene rings is 1. The first-order valence-corrected chi connectivity index (χ1v) is 5.65. The minimum Gasteiger partial charge on any atom is -0.481 e. The Balaban J connectivity index is 1.98. The van der Waals surface area contributed by atoms with E-state index in [4.69, 9.17) is 5.11 Å². The van der Waals surface area contributed by atoms with E-state index in [1.54, 1.807) is 0 Å². The highest BCUT2D eigenvalue weighted by Crippen LogP contribution is 2.18. The number of rotatable bonds is 6. The fourth-order valence-electron chi connectivity index (χ4n) is 1.61. The summed E-state index contributed by atoms with van der Waals surface area (Å²) in [5.74, 6) is -0.814. The van der Waals surface area contributed by atoms with Crippen LogP contribution in [0, 0.1) is 0 Å². The van der Waals surface area contributed by atoms with E-state index in [9.17, 15) is 4.79 Å². The van der Waals surface area contributed by atoms with Crippen LogP contribution in [0.5, 0.6) is 0 Å². The topological polar surface area (TPSA) is 90.9 Å². The van der Waals surface area contributed by atoms with Gasteiger partial charge in [-0.25, -0.2) is 0 Å². The van der Waals surface area contributed by atoms with Gasteiger partial charge in [-0.15, -0.1) is 0 Å². The number of aromatic amines is 1. The first-order chi connectivity index (χ1) is 8.77. The Kier molecular flexibility index (Phi) is 4.03. The SMILES string of the molecule is O=C(O)CCNCc1n[nH]nc1-c1ccccc1. The van der Waals surface area contributed by atoms with Crippen LogP contribution in [0.2, 0.25) is 0 Å². The number of hydrogen-bond donors (Lipinski definition) is 3. The Morgan fingerprint density at radius 1 is 1.28 bits per heavy atom. The molecule has 0 aliphatic heterocycles. The quantitative estimate of drug-likeness (QED) is 0.662. The molecule has 18 heavy (non-hydrogen) atoms. The first kappa shape index (κ1) is 12.3. The molecule has 0 bridgehead atoms. The molecule has 6 nitrogen and oxygen atoms in total. The Morgan fingerprint density at radius 2 is 2.06 bits per heavy atom. The predicted octanol–water partition coefficient (Wildman–Crippen LogP) is 1.04. The Morgan fingerprint density at radius 3 is 2.78 bits per heavy atom. The smallest absolute Gasteiger partial charge is 0.304 e. The zero-order chi connectivity index (χ0) is 12.8. The van der Waals surface area contributed by atoms with E-state index in [1.807, 2.05) is 30.3 Å². The summed E-state index contributed by atoms with van der Waals surface area (Å²) in [5.41, 5.74) is 2.56. The van der Waals surface area contributed by atoms with Crippen molar-refractivity contribution >= 4 is 5.97 Å². The minimum absolute atomic E-state index is 0.0958. The fraction of sp³-hybridized carbons (Fsp3) is 0.250. The third-order valence-electron chi connectivity index (χ3n) is 2.48. The second-order valence-electron chi connectivity index (χ2n) is 3.81. The van der Waals surface area contributed by atoms with Crippen LogP contribution in [0.25, 0.3) is 11.3 Å². The molecule has 0 unspecified atom stereocenters. The number of carboxylic acid groups (broad SMARTS) is 1. The average molecular weight is 246 g/mol.